The second-order valence-electron chi connectivity index (χ2n) is 36.0. The normalized spacial score (nSPS) is 11.4. The molecule has 20 rings (SSSR count). The van der Waals surface area contributed by atoms with Crippen LogP contribution in [-0.2, 0) is 40.2 Å². The maximum absolute atomic E-state index is 5.31. The van der Waals surface area contributed by atoms with Crippen LogP contribution in [-0.4, -0.2) is 39.0 Å². The number of pyridine rings is 4. The van der Waals surface area contributed by atoms with Crippen LogP contribution < -0.4 is 0 Å². The van der Waals surface area contributed by atoms with Crippen molar-refractivity contribution in [2.24, 2.45) is 0 Å². The number of benzene rings is 14. The van der Waals surface area contributed by atoms with Crippen LogP contribution in [0.4, 0.5) is 0 Å². The minimum absolute atomic E-state index is 0. The largest absolute Gasteiger partial charge is 3.00 e. The van der Waals surface area contributed by atoms with Crippen molar-refractivity contribution < 1.29 is 40.2 Å². The maximum atomic E-state index is 5.31. The molecule has 14 aromatic carbocycles. The van der Waals surface area contributed by atoms with Crippen LogP contribution in [0.5, 0.6) is 0 Å². The summed E-state index contributed by atoms with van der Waals surface area (Å²) in [4.78, 5) is 30.2. The van der Waals surface area contributed by atoms with Crippen LogP contribution in [0.3, 0.4) is 0 Å². The molecule has 0 bridgehead atoms. The first-order valence-corrected chi connectivity index (χ1v) is 46.4. The van der Waals surface area contributed by atoms with Gasteiger partial charge in [0.15, 0.2) is 0 Å². The van der Waals surface area contributed by atoms with Crippen molar-refractivity contribution in [2.45, 2.75) is 107 Å². The molecule has 0 aliphatic carbocycles. The number of aromatic nitrogens is 8. The summed E-state index contributed by atoms with van der Waals surface area (Å²) in [6, 6.07) is 144. The van der Waals surface area contributed by atoms with Gasteiger partial charge in [-0.15, -0.1) is 131 Å². The van der Waals surface area contributed by atoms with E-state index in [-0.39, 0.29) is 40.2 Å². The van der Waals surface area contributed by atoms with Gasteiger partial charge in [-0.1, -0.05) is 328 Å². The van der Waals surface area contributed by atoms with Crippen LogP contribution in [0.15, 0.2) is 365 Å². The first-order chi connectivity index (χ1) is 65.4. The third kappa shape index (κ3) is 18.2. The molecule has 0 spiro atoms. The summed E-state index contributed by atoms with van der Waals surface area (Å²) in [5.41, 5.74) is 43.7. The van der Waals surface area contributed by atoms with Crippen molar-refractivity contribution in [3.8, 4) is 202 Å². The number of hydrogen-bond donors (Lipinski definition) is 0. The fourth-order valence-electron chi connectivity index (χ4n) is 19.1. The van der Waals surface area contributed by atoms with E-state index >= 15 is 0 Å². The van der Waals surface area contributed by atoms with Crippen LogP contribution in [0.1, 0.15) is 124 Å². The SMILES string of the molecule is Cc1nc(-c2[c-]cc(-c3ccccc3-c3cc(-c4ccccc4-c4c[c-]c(-c5nc(C)c(C)n5-c5c(C(C)C)cccc5C(C)C)cc4)cc(-c4ccccc4-c4c[c-]c(-c5[c-]cc(-c6ccccc6-c6cc(-c7ccccc7-c7c[c-]c(-c8ccccn8)cc7)cc(-c7ccccc7-c7c[c-]c(-c8ccccn8)cc7)c6)cn5)nc4)c3)cc2)n(-c2c(C(C)C)cccc2C(C)C)c1C.[Ir+3].[Ir+3]. The average Bonchev–Trinajstić information content (AvgIpc) is 1.65. The van der Waals surface area contributed by atoms with Crippen LogP contribution in [0.25, 0.3) is 202 Å². The molecular weight excluding hydrogens is 2010 g/mol. The second-order valence-corrected chi connectivity index (χ2v) is 36.0. The smallest absolute Gasteiger partial charge is 0.357 e. The first-order valence-electron chi connectivity index (χ1n) is 46.4. The summed E-state index contributed by atoms with van der Waals surface area (Å²) in [6.07, 6.45) is 7.54. The second kappa shape index (κ2) is 39.9. The molecule has 0 aliphatic heterocycles. The predicted molar refractivity (Wildman–Crippen MR) is 553 cm³/mol. The molecule has 0 atom stereocenters. The van der Waals surface area contributed by atoms with E-state index in [1.54, 1.807) is 0 Å². The number of aryl methyl sites for hydroxylation is 2. The molecule has 6 aromatic heterocycles. The Hall–Kier alpha value is -14.6. The van der Waals surface area contributed by atoms with E-state index in [1.807, 2.05) is 73.3 Å². The molecule has 0 N–H and O–H groups in total. The Labute approximate surface area is 826 Å². The van der Waals surface area contributed by atoms with E-state index < -0.39 is 0 Å². The summed E-state index contributed by atoms with van der Waals surface area (Å²) >= 11 is 0. The van der Waals surface area contributed by atoms with Crippen molar-refractivity contribution in [3.63, 3.8) is 0 Å². The van der Waals surface area contributed by atoms with Gasteiger partial charge in [0.1, 0.15) is 0 Å². The fraction of sp³-hybridized carbons (Fsp3) is 0.127. The third-order valence-electron chi connectivity index (χ3n) is 26.2. The zero-order valence-corrected chi connectivity index (χ0v) is 83.0. The molecule has 0 fully saturated rings. The van der Waals surface area contributed by atoms with Crippen molar-refractivity contribution in [1.29, 1.82) is 0 Å². The minimum Gasteiger partial charge on any atom is -0.357 e. The first kappa shape index (κ1) is 91.9. The maximum Gasteiger partial charge on any atom is 3.00 e. The molecular formula is C126H100Ir2N8. The standard InChI is InChI=1S/C126H100N8.2Ir/c1-79(2)103-43-29-44-104(80(3)4)123(103)133-85(11)83(9)131-125(133)93-61-53-89(54-62-93)109-33-15-21-39-115(109)99-72-100(116-40-22-16-34-110(116)90-55-63-94(64-56-90)126-132-84(10)86(12)134(126)124-105(81(5)6)45-30-46-106(124)82(7)8)76-102(75-99)118-42-24-18-36-112(118)96-66-68-122(130-78-96)121-67-65-95(77-129-121)111-35-17-23-41-117(111)101-73-97(113-37-19-13-31-107(113)87-49-57-91(58-50-87)119-47-25-27-69-127-119)71-98(74-101)114-38-20-14-32-108(114)88-51-59-92(60-52-88)120-48-26-28-70-128-120;;/h13-57,59,61,63,65-66,69-82H,1-12H3;;/q-6;2*+3. The van der Waals surface area contributed by atoms with E-state index in [0.717, 1.165) is 202 Å². The molecule has 8 nitrogen and oxygen atoms in total. The van der Waals surface area contributed by atoms with Gasteiger partial charge in [-0.2, -0.15) is 12.1 Å². The van der Waals surface area contributed by atoms with Crippen molar-refractivity contribution >= 4 is 0 Å². The zero-order chi connectivity index (χ0) is 91.8. The van der Waals surface area contributed by atoms with Crippen LogP contribution in [0.2, 0.25) is 0 Å². The topological polar surface area (TPSA) is 87.2 Å². The van der Waals surface area contributed by atoms with Gasteiger partial charge in [0.2, 0.25) is 0 Å². The van der Waals surface area contributed by atoms with E-state index in [0.29, 0.717) is 35.1 Å². The van der Waals surface area contributed by atoms with Gasteiger partial charge in [-0.25, -0.2) is 12.1 Å². The summed E-state index contributed by atoms with van der Waals surface area (Å²) in [5, 5.41) is 0. The average molecular weight is 2110 g/mol. The van der Waals surface area contributed by atoms with Gasteiger partial charge in [0.25, 0.3) is 0 Å². The van der Waals surface area contributed by atoms with Gasteiger partial charge < -0.3 is 29.1 Å². The third-order valence-corrected chi connectivity index (χ3v) is 26.2. The molecule has 0 saturated heterocycles. The Morgan fingerprint density at radius 3 is 0.684 bits per heavy atom. The molecule has 0 unspecified atom stereocenters. The van der Waals surface area contributed by atoms with E-state index in [1.165, 1.54) is 33.6 Å². The summed E-state index contributed by atoms with van der Waals surface area (Å²) in [5.74, 6) is 2.99. The van der Waals surface area contributed by atoms with Crippen molar-refractivity contribution in [1.82, 2.24) is 39.0 Å². The molecule has 0 radical (unpaired) electrons. The predicted octanol–water partition coefficient (Wildman–Crippen LogP) is 32.5. The quantitative estimate of drug-likeness (QED) is 0.0593. The van der Waals surface area contributed by atoms with E-state index in [9.17, 15) is 0 Å². The number of para-hydroxylation sites is 2. The monoisotopic (exact) mass is 2110 g/mol. The number of nitrogens with zero attached hydrogens (tertiary/aromatic N) is 8. The summed E-state index contributed by atoms with van der Waals surface area (Å²) < 4.78 is 4.77. The Kier molecular flexibility index (Phi) is 27.0. The van der Waals surface area contributed by atoms with E-state index in [4.69, 9.17) is 19.9 Å². The Morgan fingerprint density at radius 1 is 0.228 bits per heavy atom. The molecule has 10 heteroatoms. The molecule has 136 heavy (non-hydrogen) atoms. The van der Waals surface area contributed by atoms with Gasteiger partial charge >= 0.3 is 40.2 Å². The molecule has 0 amide bonds. The summed E-state index contributed by atoms with van der Waals surface area (Å²) in [7, 11) is 0. The van der Waals surface area contributed by atoms with Crippen LogP contribution >= 0.6 is 0 Å². The number of imidazole rings is 2. The molecule has 20 aromatic rings. The van der Waals surface area contributed by atoms with Gasteiger partial charge in [-0.3, -0.25) is 9.97 Å². The van der Waals surface area contributed by atoms with E-state index in [2.05, 4.69) is 430 Å². The Bertz CT molecular complexity index is 7310. The fourth-order valence-corrected chi connectivity index (χ4v) is 19.1. The number of hydrogen-bond acceptors (Lipinski definition) is 6. The number of rotatable bonds is 23. The Morgan fingerprint density at radius 2 is 0.463 bits per heavy atom. The molecule has 0 aliphatic rings. The zero-order valence-electron chi connectivity index (χ0n) is 78.2. The van der Waals surface area contributed by atoms with Gasteiger partial charge in [-0.05, 0) is 213 Å². The molecule has 0 saturated carbocycles. The van der Waals surface area contributed by atoms with Gasteiger partial charge in [0, 0.05) is 46.5 Å². The molecule has 662 valence electrons. The van der Waals surface area contributed by atoms with Gasteiger partial charge in [0.05, 0.1) is 11.6 Å². The molecule has 6 heterocycles. The van der Waals surface area contributed by atoms with Crippen LogP contribution in [0, 0.1) is 64.1 Å². The van der Waals surface area contributed by atoms with Crippen molar-refractivity contribution in [3.05, 3.63) is 446 Å². The minimum atomic E-state index is 0. The summed E-state index contributed by atoms with van der Waals surface area (Å²) in [6.45, 7) is 26.9. The van der Waals surface area contributed by atoms with Crippen molar-refractivity contribution in [2.75, 3.05) is 0 Å². The Balaban J connectivity index is 0.00000616.